The maximum absolute atomic E-state index is 5.21. The van der Waals surface area contributed by atoms with Crippen molar-refractivity contribution in [3.8, 4) is 11.4 Å². The summed E-state index contributed by atoms with van der Waals surface area (Å²) in [7, 11) is 0. The average molecular weight is 305 g/mol. The molecule has 0 spiro atoms. The summed E-state index contributed by atoms with van der Waals surface area (Å²) < 4.78 is 8.07. The summed E-state index contributed by atoms with van der Waals surface area (Å²) in [6, 6.07) is 7.78. The zero-order valence-corrected chi connectivity index (χ0v) is 10.9. The Labute approximate surface area is 112 Å². The molecule has 0 radical (unpaired) electrons. The van der Waals surface area contributed by atoms with Crippen molar-refractivity contribution in [1.29, 1.82) is 0 Å². The van der Waals surface area contributed by atoms with Gasteiger partial charge < -0.3 is 9.09 Å². The molecule has 3 aromatic rings. The van der Waals surface area contributed by atoms with Crippen molar-refractivity contribution in [2.45, 2.75) is 6.54 Å². The minimum Gasteiger partial charge on any atom is -0.337 e. The highest BCUT2D eigenvalue weighted by atomic mass is 79.9. The fraction of sp³-hybridized carbons (Fsp3) is 0.0833. The first-order chi connectivity index (χ1) is 8.81. The van der Waals surface area contributed by atoms with E-state index in [1.165, 1.54) is 0 Å². The van der Waals surface area contributed by atoms with Crippen LogP contribution < -0.4 is 0 Å². The van der Waals surface area contributed by atoms with Crippen LogP contribution in [0.15, 0.2) is 52.0 Å². The Morgan fingerprint density at radius 3 is 3.06 bits per heavy atom. The van der Waals surface area contributed by atoms with Gasteiger partial charge in [-0.25, -0.2) is 4.98 Å². The Kier molecular flexibility index (Phi) is 2.93. The molecular weight excluding hydrogens is 296 g/mol. The SMILES string of the molecule is Brc1cccc(-c2noc(Cn3ccnc3)n2)c1. The third-order valence-corrected chi connectivity index (χ3v) is 2.92. The third kappa shape index (κ3) is 2.33. The first-order valence-corrected chi connectivity index (χ1v) is 6.15. The summed E-state index contributed by atoms with van der Waals surface area (Å²) in [4.78, 5) is 8.31. The summed E-state index contributed by atoms with van der Waals surface area (Å²) in [5.41, 5.74) is 0.921. The molecule has 0 fully saturated rings. The van der Waals surface area contributed by atoms with Gasteiger partial charge in [-0.15, -0.1) is 0 Å². The van der Waals surface area contributed by atoms with Gasteiger partial charge in [0.1, 0.15) is 6.54 Å². The fourth-order valence-electron chi connectivity index (χ4n) is 1.60. The number of rotatable bonds is 3. The number of halogens is 1. The number of hydrogen-bond acceptors (Lipinski definition) is 4. The van der Waals surface area contributed by atoms with E-state index >= 15 is 0 Å². The van der Waals surface area contributed by atoms with Crippen molar-refractivity contribution in [1.82, 2.24) is 19.7 Å². The third-order valence-electron chi connectivity index (χ3n) is 2.43. The van der Waals surface area contributed by atoms with Gasteiger partial charge in [0.05, 0.1) is 6.33 Å². The summed E-state index contributed by atoms with van der Waals surface area (Å²) in [6.07, 6.45) is 5.28. The van der Waals surface area contributed by atoms with Gasteiger partial charge in [-0.3, -0.25) is 0 Å². The molecule has 0 amide bonds. The van der Waals surface area contributed by atoms with Crippen molar-refractivity contribution >= 4 is 15.9 Å². The Hall–Kier alpha value is -1.95. The highest BCUT2D eigenvalue weighted by molar-refractivity contribution is 9.10. The molecule has 0 aliphatic carbocycles. The molecule has 6 heteroatoms. The molecule has 0 atom stereocenters. The van der Waals surface area contributed by atoms with Crippen LogP contribution in [0.1, 0.15) is 5.89 Å². The zero-order valence-electron chi connectivity index (χ0n) is 9.32. The molecule has 2 heterocycles. The van der Waals surface area contributed by atoms with Crippen LogP contribution in [0.2, 0.25) is 0 Å². The lowest BCUT2D eigenvalue weighted by atomic mass is 10.2. The van der Waals surface area contributed by atoms with Crippen LogP contribution in [-0.2, 0) is 6.54 Å². The van der Waals surface area contributed by atoms with Crippen LogP contribution in [-0.4, -0.2) is 19.7 Å². The van der Waals surface area contributed by atoms with Crippen LogP contribution in [0.4, 0.5) is 0 Å². The maximum Gasteiger partial charge on any atom is 0.246 e. The summed E-state index contributed by atoms with van der Waals surface area (Å²) in [6.45, 7) is 0.529. The first kappa shape index (κ1) is 11.2. The molecule has 0 aliphatic rings. The van der Waals surface area contributed by atoms with E-state index in [1.807, 2.05) is 35.0 Å². The van der Waals surface area contributed by atoms with Crippen molar-refractivity contribution in [3.05, 3.63) is 53.3 Å². The second-order valence-electron chi connectivity index (χ2n) is 3.76. The highest BCUT2D eigenvalue weighted by Gasteiger charge is 2.08. The van der Waals surface area contributed by atoms with Crippen LogP contribution in [0.3, 0.4) is 0 Å². The van der Waals surface area contributed by atoms with E-state index < -0.39 is 0 Å². The molecular formula is C12H9BrN4O. The molecule has 90 valence electrons. The number of imidazole rings is 1. The minimum absolute atomic E-state index is 0.529. The van der Waals surface area contributed by atoms with E-state index in [0.717, 1.165) is 10.0 Å². The second kappa shape index (κ2) is 4.73. The Bertz CT molecular complexity index is 648. The van der Waals surface area contributed by atoms with Crippen LogP contribution in [0, 0.1) is 0 Å². The van der Waals surface area contributed by atoms with Gasteiger partial charge in [-0.1, -0.05) is 33.2 Å². The molecule has 0 saturated heterocycles. The predicted molar refractivity (Wildman–Crippen MR) is 68.8 cm³/mol. The molecule has 1 aromatic carbocycles. The van der Waals surface area contributed by atoms with Crippen molar-refractivity contribution in [2.24, 2.45) is 0 Å². The molecule has 0 saturated carbocycles. The number of aromatic nitrogens is 4. The highest BCUT2D eigenvalue weighted by Crippen LogP contribution is 2.20. The van der Waals surface area contributed by atoms with Gasteiger partial charge in [0, 0.05) is 22.4 Å². The maximum atomic E-state index is 5.21. The average Bonchev–Trinajstić information content (AvgIpc) is 3.01. The smallest absolute Gasteiger partial charge is 0.246 e. The van der Waals surface area contributed by atoms with E-state index in [9.17, 15) is 0 Å². The van der Waals surface area contributed by atoms with Crippen molar-refractivity contribution in [3.63, 3.8) is 0 Å². The van der Waals surface area contributed by atoms with Gasteiger partial charge in [-0.2, -0.15) is 4.98 Å². The molecule has 0 aliphatic heterocycles. The Balaban J connectivity index is 1.85. The molecule has 0 bridgehead atoms. The van der Waals surface area contributed by atoms with Gasteiger partial charge in [0.2, 0.25) is 11.7 Å². The standard InChI is InChI=1S/C12H9BrN4O/c13-10-3-1-2-9(6-10)12-15-11(18-16-12)7-17-5-4-14-8-17/h1-6,8H,7H2. The summed E-state index contributed by atoms with van der Waals surface area (Å²) in [5, 5.41) is 3.97. The van der Waals surface area contributed by atoms with E-state index in [4.69, 9.17) is 4.52 Å². The monoisotopic (exact) mass is 304 g/mol. The minimum atomic E-state index is 0.529. The lowest BCUT2D eigenvalue weighted by molar-refractivity contribution is 0.371. The topological polar surface area (TPSA) is 56.7 Å². The number of hydrogen-bond donors (Lipinski definition) is 0. The molecule has 2 aromatic heterocycles. The van der Waals surface area contributed by atoms with Crippen LogP contribution >= 0.6 is 15.9 Å². The summed E-state index contributed by atoms with van der Waals surface area (Å²) >= 11 is 3.42. The first-order valence-electron chi connectivity index (χ1n) is 5.35. The number of nitrogens with zero attached hydrogens (tertiary/aromatic N) is 4. The molecule has 5 nitrogen and oxygen atoms in total. The quantitative estimate of drug-likeness (QED) is 0.746. The van der Waals surface area contributed by atoms with E-state index in [2.05, 4.69) is 31.1 Å². The van der Waals surface area contributed by atoms with Gasteiger partial charge in [-0.05, 0) is 12.1 Å². The Morgan fingerprint density at radius 1 is 1.33 bits per heavy atom. The van der Waals surface area contributed by atoms with Gasteiger partial charge in [0.25, 0.3) is 0 Å². The van der Waals surface area contributed by atoms with E-state index in [1.54, 1.807) is 12.5 Å². The van der Waals surface area contributed by atoms with Crippen LogP contribution in [0.5, 0.6) is 0 Å². The van der Waals surface area contributed by atoms with Gasteiger partial charge in [0.15, 0.2) is 0 Å². The molecule has 18 heavy (non-hydrogen) atoms. The van der Waals surface area contributed by atoms with Crippen molar-refractivity contribution < 1.29 is 4.52 Å². The van der Waals surface area contributed by atoms with Crippen molar-refractivity contribution in [2.75, 3.05) is 0 Å². The van der Waals surface area contributed by atoms with E-state index in [0.29, 0.717) is 18.3 Å². The normalized spacial score (nSPS) is 10.7. The Morgan fingerprint density at radius 2 is 2.28 bits per heavy atom. The van der Waals surface area contributed by atoms with E-state index in [-0.39, 0.29) is 0 Å². The molecule has 3 rings (SSSR count). The zero-order chi connectivity index (χ0) is 12.4. The largest absolute Gasteiger partial charge is 0.337 e. The second-order valence-corrected chi connectivity index (χ2v) is 4.67. The van der Waals surface area contributed by atoms with Gasteiger partial charge >= 0.3 is 0 Å². The number of benzene rings is 1. The molecule has 0 unspecified atom stereocenters. The summed E-state index contributed by atoms with van der Waals surface area (Å²) in [5.74, 6) is 1.15. The van der Waals surface area contributed by atoms with Crippen LogP contribution in [0.25, 0.3) is 11.4 Å². The molecule has 0 N–H and O–H groups in total. The lowest BCUT2D eigenvalue weighted by Gasteiger charge is -1.95. The lowest BCUT2D eigenvalue weighted by Crippen LogP contribution is -1.96. The predicted octanol–water partition coefficient (Wildman–Crippen LogP) is 2.74. The fourth-order valence-corrected chi connectivity index (χ4v) is 2.00.